The zero-order chi connectivity index (χ0) is 18.8. The summed E-state index contributed by atoms with van der Waals surface area (Å²) in [5, 5.41) is -0.163. The zero-order valence-electron chi connectivity index (χ0n) is 16.8. The van der Waals surface area contributed by atoms with Gasteiger partial charge in [-0.15, -0.1) is 0 Å². The van der Waals surface area contributed by atoms with Gasteiger partial charge in [0.1, 0.15) is 0 Å². The molecule has 3 aromatic rings. The van der Waals surface area contributed by atoms with Crippen LogP contribution in [0.1, 0.15) is 16.5 Å². The molecular formula is C14H11NOSe. The summed E-state index contributed by atoms with van der Waals surface area (Å²) in [6.45, 7) is 1.46. The maximum atomic E-state index is 12.8. The van der Waals surface area contributed by atoms with Crippen molar-refractivity contribution in [1.82, 2.24) is 3.56 Å². The molecular weight excluding hydrogens is 277 g/mol. The maximum absolute atomic E-state index is 12.8. The number of hydrogen-bond donors (Lipinski definition) is 0. The molecule has 3 heteroatoms. The number of hydrogen-bond acceptors (Lipinski definition) is 1. The Hall–Kier alpha value is -1.57. The quantitative estimate of drug-likeness (QED) is 0.632. The van der Waals surface area contributed by atoms with Crippen molar-refractivity contribution in [1.29, 1.82) is 0 Å². The summed E-state index contributed by atoms with van der Waals surface area (Å²) >= 11 is -0.914. The first-order valence-corrected chi connectivity index (χ1v) is 6.41. The van der Waals surface area contributed by atoms with Crippen LogP contribution in [0.15, 0.2) is 53.1 Å². The topological polar surface area (TPSA) is 22.0 Å². The van der Waals surface area contributed by atoms with Crippen molar-refractivity contribution in [3.05, 3.63) is 64.3 Å². The van der Waals surface area contributed by atoms with Gasteiger partial charge in [-0.3, -0.25) is 0 Å². The Morgan fingerprint density at radius 1 is 1.12 bits per heavy atom. The normalized spacial score (nSPS) is 17.5. The van der Waals surface area contributed by atoms with Crippen molar-refractivity contribution < 1.29 is 11.0 Å². The fourth-order valence-electron chi connectivity index (χ4n) is 1.37. The second kappa shape index (κ2) is 4.02. The van der Waals surface area contributed by atoms with E-state index >= 15 is 0 Å². The van der Waals surface area contributed by atoms with Crippen molar-refractivity contribution in [2.45, 2.75) is 6.92 Å². The molecule has 0 fully saturated rings. The number of nitrogens with zero attached hydrogens (tertiary/aromatic N) is 1. The van der Waals surface area contributed by atoms with E-state index in [1.165, 1.54) is 6.92 Å². The second-order valence-electron chi connectivity index (χ2n) is 3.37. The molecule has 84 valence electrons. The van der Waals surface area contributed by atoms with Gasteiger partial charge < -0.3 is 0 Å². The van der Waals surface area contributed by atoms with Gasteiger partial charge in [-0.05, 0) is 0 Å². The Morgan fingerprint density at radius 2 is 1.82 bits per heavy atom. The summed E-state index contributed by atoms with van der Waals surface area (Å²) in [6, 6.07) is -2.96. The van der Waals surface area contributed by atoms with E-state index in [-0.39, 0.29) is 51.1 Å². The zero-order valence-corrected chi connectivity index (χ0v) is 10.5. The van der Waals surface area contributed by atoms with Crippen molar-refractivity contribution in [3.8, 4) is 5.69 Å². The summed E-state index contributed by atoms with van der Waals surface area (Å²) in [5.74, 6) is 0. The van der Waals surface area contributed by atoms with Gasteiger partial charge in [-0.1, -0.05) is 0 Å². The predicted molar refractivity (Wildman–Crippen MR) is 71.2 cm³/mol. The molecule has 3 rings (SSSR count). The van der Waals surface area contributed by atoms with Crippen LogP contribution in [-0.4, -0.2) is 18.3 Å². The van der Waals surface area contributed by atoms with Crippen LogP contribution < -0.4 is 5.56 Å². The van der Waals surface area contributed by atoms with Crippen LogP contribution in [0.2, 0.25) is 0 Å². The molecule has 0 radical (unpaired) electrons. The van der Waals surface area contributed by atoms with E-state index in [1.54, 1.807) is 0 Å². The second-order valence-corrected chi connectivity index (χ2v) is 5.37. The van der Waals surface area contributed by atoms with Gasteiger partial charge in [0.15, 0.2) is 0 Å². The summed E-state index contributed by atoms with van der Waals surface area (Å²) in [5.41, 5.74) is -0.759. The molecule has 0 aliphatic carbocycles. The van der Waals surface area contributed by atoms with Gasteiger partial charge in [0.05, 0.1) is 0 Å². The fraction of sp³-hybridized carbons (Fsp3) is 0.0714. The molecule has 0 saturated heterocycles. The summed E-state index contributed by atoms with van der Waals surface area (Å²) < 4.78 is 64.5. The predicted octanol–water partition coefficient (Wildman–Crippen LogP) is 2.36. The average molecular weight is 296 g/mol. The first-order chi connectivity index (χ1) is 11.6. The van der Waals surface area contributed by atoms with Crippen molar-refractivity contribution >= 4 is 24.4 Å². The van der Waals surface area contributed by atoms with E-state index in [0.717, 1.165) is 3.56 Å². The van der Waals surface area contributed by atoms with Crippen LogP contribution in [0.25, 0.3) is 15.3 Å². The molecule has 0 aliphatic rings. The van der Waals surface area contributed by atoms with Gasteiger partial charge in [0.25, 0.3) is 0 Å². The molecule has 0 bridgehead atoms. The molecule has 0 aliphatic heterocycles. The summed E-state index contributed by atoms with van der Waals surface area (Å²) in [4.78, 5) is 12.8. The first-order valence-electron chi connectivity index (χ1n) is 8.79. The molecule has 1 aromatic heterocycles. The van der Waals surface area contributed by atoms with E-state index in [0.29, 0.717) is 0 Å². The molecule has 2 aromatic carbocycles. The third-order valence-corrected chi connectivity index (χ3v) is 4.31. The van der Waals surface area contributed by atoms with E-state index in [2.05, 4.69) is 0 Å². The first kappa shape index (κ1) is 4.97. The van der Waals surface area contributed by atoms with Crippen molar-refractivity contribution in [2.24, 2.45) is 0 Å². The molecule has 0 unspecified atom stereocenters. The van der Waals surface area contributed by atoms with Crippen LogP contribution in [0.5, 0.6) is 0 Å². The summed E-state index contributed by atoms with van der Waals surface area (Å²) in [7, 11) is 0. The Labute approximate surface area is 116 Å². The third-order valence-electron chi connectivity index (χ3n) is 2.17. The third kappa shape index (κ3) is 1.78. The molecule has 0 saturated carbocycles. The number of aromatic nitrogens is 1. The van der Waals surface area contributed by atoms with Crippen molar-refractivity contribution in [2.75, 3.05) is 0 Å². The molecule has 0 atom stereocenters. The molecule has 1 heterocycles. The monoisotopic (exact) mass is 297 g/mol. The van der Waals surface area contributed by atoms with Crippen LogP contribution >= 0.6 is 0 Å². The minimum absolute atomic E-state index is 0.154. The Bertz CT molecular complexity index is 1090. The number of fused-ring (bicyclic) bond motifs is 1. The SMILES string of the molecule is [2H]c1c([2H])c(-n2[se]c3c([2H])c([2H])c([2H])c([2H])c3c2=O)c([2H])c([2H])c1C. The average Bonchev–Trinajstić information content (AvgIpc) is 2.92. The van der Waals surface area contributed by atoms with Gasteiger partial charge >= 0.3 is 116 Å². The molecule has 2 nitrogen and oxygen atoms in total. The van der Waals surface area contributed by atoms with E-state index in [9.17, 15) is 4.79 Å². The fourth-order valence-corrected chi connectivity index (χ4v) is 3.19. The van der Waals surface area contributed by atoms with Crippen LogP contribution in [-0.2, 0) is 0 Å². The molecule has 0 amide bonds. The standard InChI is InChI=1S/C14H11NOSe/c1-10-6-8-11(9-7-10)15-14(16)12-4-2-3-5-13(12)17-15/h2-9H,1H3/i2D,3D,4D,5D,6D,7D,8D,9D. The van der Waals surface area contributed by atoms with Crippen molar-refractivity contribution in [3.63, 3.8) is 0 Å². The van der Waals surface area contributed by atoms with Gasteiger partial charge in [0.2, 0.25) is 0 Å². The number of rotatable bonds is 1. The van der Waals surface area contributed by atoms with Crippen LogP contribution in [0, 0.1) is 6.92 Å². The van der Waals surface area contributed by atoms with Gasteiger partial charge in [-0.25, -0.2) is 0 Å². The van der Waals surface area contributed by atoms with E-state index < -0.39 is 38.4 Å². The minimum atomic E-state index is -0.914. The molecule has 0 spiro atoms. The van der Waals surface area contributed by atoms with Gasteiger partial charge in [0, 0.05) is 0 Å². The van der Waals surface area contributed by atoms with Crippen LogP contribution in [0.4, 0.5) is 0 Å². The summed E-state index contributed by atoms with van der Waals surface area (Å²) in [6.07, 6.45) is 0. The Kier molecular flexibility index (Phi) is 1.18. The molecule has 0 N–H and O–H groups in total. The number of benzene rings is 2. The van der Waals surface area contributed by atoms with E-state index in [4.69, 9.17) is 11.0 Å². The Morgan fingerprint density at radius 3 is 2.59 bits per heavy atom. The Balaban J connectivity index is 2.53. The molecule has 17 heavy (non-hydrogen) atoms. The van der Waals surface area contributed by atoms with E-state index in [1.807, 2.05) is 0 Å². The van der Waals surface area contributed by atoms with Gasteiger partial charge in [-0.2, -0.15) is 0 Å². The van der Waals surface area contributed by atoms with Crippen LogP contribution in [0.3, 0.4) is 0 Å².